The molecule has 1 aromatic heterocycles. The SMILES string of the molecule is COc1ccc2c(ccn2Cc2c(N)cccc2Cl)c1. The molecule has 0 aliphatic heterocycles. The Hall–Kier alpha value is -2.13. The second kappa shape index (κ2) is 5.10. The van der Waals surface area contributed by atoms with Crippen molar-refractivity contribution < 1.29 is 4.74 Å². The summed E-state index contributed by atoms with van der Waals surface area (Å²) < 4.78 is 7.37. The number of rotatable bonds is 3. The van der Waals surface area contributed by atoms with Gasteiger partial charge in [-0.3, -0.25) is 0 Å². The van der Waals surface area contributed by atoms with Crippen molar-refractivity contribution in [3.05, 3.63) is 59.2 Å². The minimum atomic E-state index is 0.654. The molecule has 0 bridgehead atoms. The highest BCUT2D eigenvalue weighted by atomic mass is 35.5. The number of ether oxygens (including phenoxy) is 1. The Labute approximate surface area is 122 Å². The van der Waals surface area contributed by atoms with Crippen LogP contribution in [0.3, 0.4) is 0 Å². The van der Waals surface area contributed by atoms with Crippen molar-refractivity contribution in [3.8, 4) is 5.75 Å². The molecule has 0 amide bonds. The van der Waals surface area contributed by atoms with E-state index in [1.54, 1.807) is 7.11 Å². The van der Waals surface area contributed by atoms with Crippen molar-refractivity contribution in [2.24, 2.45) is 0 Å². The van der Waals surface area contributed by atoms with E-state index in [4.69, 9.17) is 22.1 Å². The molecule has 0 atom stereocenters. The molecule has 2 N–H and O–H groups in total. The van der Waals surface area contributed by atoms with Crippen molar-refractivity contribution in [1.29, 1.82) is 0 Å². The van der Waals surface area contributed by atoms with E-state index in [9.17, 15) is 0 Å². The Bertz CT molecular complexity index is 744. The third-order valence-corrected chi connectivity index (χ3v) is 3.82. The molecule has 1 heterocycles. The molecule has 3 nitrogen and oxygen atoms in total. The molecule has 4 heteroatoms. The number of anilines is 1. The van der Waals surface area contributed by atoms with E-state index < -0.39 is 0 Å². The van der Waals surface area contributed by atoms with Gasteiger partial charge in [-0.1, -0.05) is 17.7 Å². The number of benzene rings is 2. The van der Waals surface area contributed by atoms with Crippen molar-refractivity contribution in [1.82, 2.24) is 4.57 Å². The number of fused-ring (bicyclic) bond motifs is 1. The van der Waals surface area contributed by atoms with Crippen LogP contribution in [0.2, 0.25) is 5.02 Å². The summed E-state index contributed by atoms with van der Waals surface area (Å²) in [6.07, 6.45) is 2.03. The van der Waals surface area contributed by atoms with E-state index in [1.807, 2.05) is 42.6 Å². The van der Waals surface area contributed by atoms with Gasteiger partial charge in [-0.2, -0.15) is 0 Å². The lowest BCUT2D eigenvalue weighted by Gasteiger charge is -2.10. The standard InChI is InChI=1S/C16H15ClN2O/c1-20-12-5-6-16-11(9-12)7-8-19(16)10-13-14(17)3-2-4-15(13)18/h2-9H,10,18H2,1H3. The van der Waals surface area contributed by atoms with Crippen LogP contribution in [-0.2, 0) is 6.54 Å². The number of nitrogen functional groups attached to an aromatic ring is 1. The summed E-state index contributed by atoms with van der Waals surface area (Å²) in [6, 6.07) is 13.7. The van der Waals surface area contributed by atoms with Crippen LogP contribution in [0.5, 0.6) is 5.75 Å². The predicted octanol–water partition coefficient (Wildman–Crippen LogP) is 3.93. The van der Waals surface area contributed by atoms with Crippen LogP contribution in [0.1, 0.15) is 5.56 Å². The third-order valence-electron chi connectivity index (χ3n) is 3.46. The molecular formula is C16H15ClN2O. The first kappa shape index (κ1) is 12.9. The summed E-state index contributed by atoms with van der Waals surface area (Å²) in [5.74, 6) is 0.854. The molecular weight excluding hydrogens is 272 g/mol. The zero-order chi connectivity index (χ0) is 14.1. The molecule has 2 aromatic carbocycles. The van der Waals surface area contributed by atoms with Crippen LogP contribution in [-0.4, -0.2) is 11.7 Å². The van der Waals surface area contributed by atoms with Crippen LogP contribution >= 0.6 is 11.6 Å². The first-order chi connectivity index (χ1) is 9.69. The number of aromatic nitrogens is 1. The second-order valence-corrected chi connectivity index (χ2v) is 5.08. The predicted molar refractivity (Wildman–Crippen MR) is 83.5 cm³/mol. The van der Waals surface area contributed by atoms with Crippen LogP contribution in [0, 0.1) is 0 Å². The van der Waals surface area contributed by atoms with Crippen LogP contribution < -0.4 is 10.5 Å². The number of methoxy groups -OCH3 is 1. The average molecular weight is 287 g/mol. The van der Waals surface area contributed by atoms with Gasteiger partial charge in [0.25, 0.3) is 0 Å². The fourth-order valence-electron chi connectivity index (χ4n) is 2.36. The summed E-state index contributed by atoms with van der Waals surface area (Å²) >= 11 is 6.23. The van der Waals surface area contributed by atoms with Gasteiger partial charge >= 0.3 is 0 Å². The molecule has 20 heavy (non-hydrogen) atoms. The Morgan fingerprint density at radius 3 is 2.80 bits per heavy atom. The van der Waals surface area contributed by atoms with Gasteiger partial charge < -0.3 is 15.0 Å². The highest BCUT2D eigenvalue weighted by Crippen LogP contribution is 2.26. The first-order valence-corrected chi connectivity index (χ1v) is 6.72. The Morgan fingerprint density at radius 1 is 1.20 bits per heavy atom. The summed E-state index contributed by atoms with van der Waals surface area (Å²) in [4.78, 5) is 0. The molecule has 0 aliphatic rings. The van der Waals surface area contributed by atoms with Gasteiger partial charge in [0, 0.05) is 33.4 Å². The molecule has 0 aliphatic carbocycles. The topological polar surface area (TPSA) is 40.2 Å². The average Bonchev–Trinajstić information content (AvgIpc) is 2.85. The summed E-state index contributed by atoms with van der Waals surface area (Å²) in [5.41, 5.74) is 8.80. The van der Waals surface area contributed by atoms with Gasteiger partial charge in [-0.15, -0.1) is 0 Å². The maximum absolute atomic E-state index is 6.23. The lowest BCUT2D eigenvalue weighted by molar-refractivity contribution is 0.415. The number of hydrogen-bond donors (Lipinski definition) is 1. The molecule has 0 saturated heterocycles. The number of nitrogens with zero attached hydrogens (tertiary/aromatic N) is 1. The minimum Gasteiger partial charge on any atom is -0.497 e. The number of hydrogen-bond acceptors (Lipinski definition) is 2. The fraction of sp³-hybridized carbons (Fsp3) is 0.125. The van der Waals surface area contributed by atoms with E-state index >= 15 is 0 Å². The van der Waals surface area contributed by atoms with E-state index in [0.29, 0.717) is 17.3 Å². The molecule has 102 valence electrons. The van der Waals surface area contributed by atoms with Gasteiger partial charge in [0.15, 0.2) is 0 Å². The maximum atomic E-state index is 6.23. The molecule has 0 saturated carbocycles. The van der Waals surface area contributed by atoms with Gasteiger partial charge in [0.1, 0.15) is 5.75 Å². The number of nitrogens with two attached hydrogens (primary N) is 1. The Balaban J connectivity index is 2.03. The van der Waals surface area contributed by atoms with E-state index in [1.165, 1.54) is 0 Å². The normalized spacial score (nSPS) is 10.9. The maximum Gasteiger partial charge on any atom is 0.119 e. The van der Waals surface area contributed by atoms with Gasteiger partial charge in [0.2, 0.25) is 0 Å². The summed E-state index contributed by atoms with van der Waals surface area (Å²) in [7, 11) is 1.67. The zero-order valence-electron chi connectivity index (χ0n) is 11.1. The van der Waals surface area contributed by atoms with Gasteiger partial charge in [-0.05, 0) is 36.4 Å². The van der Waals surface area contributed by atoms with E-state index in [-0.39, 0.29) is 0 Å². The van der Waals surface area contributed by atoms with Crippen LogP contribution in [0.4, 0.5) is 5.69 Å². The molecule has 0 fully saturated rings. The molecule has 0 unspecified atom stereocenters. The smallest absolute Gasteiger partial charge is 0.119 e. The minimum absolute atomic E-state index is 0.654. The van der Waals surface area contributed by atoms with Crippen molar-refractivity contribution in [2.75, 3.05) is 12.8 Å². The molecule has 0 radical (unpaired) electrons. The van der Waals surface area contributed by atoms with Gasteiger partial charge in [-0.25, -0.2) is 0 Å². The highest BCUT2D eigenvalue weighted by Gasteiger charge is 2.08. The third kappa shape index (κ3) is 2.21. The van der Waals surface area contributed by atoms with Crippen LogP contribution in [0.25, 0.3) is 10.9 Å². The number of halogens is 1. The monoisotopic (exact) mass is 286 g/mol. The first-order valence-electron chi connectivity index (χ1n) is 6.35. The van der Waals surface area contributed by atoms with Crippen LogP contribution in [0.15, 0.2) is 48.7 Å². The fourth-order valence-corrected chi connectivity index (χ4v) is 2.60. The van der Waals surface area contributed by atoms with Gasteiger partial charge in [0.05, 0.1) is 13.7 Å². The summed E-state index contributed by atoms with van der Waals surface area (Å²) in [5, 5.41) is 1.83. The van der Waals surface area contributed by atoms with Crippen molar-refractivity contribution in [2.45, 2.75) is 6.54 Å². The zero-order valence-corrected chi connectivity index (χ0v) is 11.9. The molecule has 3 aromatic rings. The van der Waals surface area contributed by atoms with Crippen molar-refractivity contribution in [3.63, 3.8) is 0 Å². The molecule has 0 spiro atoms. The largest absolute Gasteiger partial charge is 0.497 e. The van der Waals surface area contributed by atoms with E-state index in [0.717, 1.165) is 22.2 Å². The van der Waals surface area contributed by atoms with Crippen molar-refractivity contribution >= 4 is 28.2 Å². The van der Waals surface area contributed by atoms with E-state index in [2.05, 4.69) is 10.6 Å². The summed E-state index contributed by atoms with van der Waals surface area (Å²) in [6.45, 7) is 0.654. The molecule has 3 rings (SSSR count). The Morgan fingerprint density at radius 2 is 2.05 bits per heavy atom. The quantitative estimate of drug-likeness (QED) is 0.741. The lowest BCUT2D eigenvalue weighted by atomic mass is 10.1. The Kier molecular flexibility index (Phi) is 3.28. The second-order valence-electron chi connectivity index (χ2n) is 4.68. The lowest BCUT2D eigenvalue weighted by Crippen LogP contribution is -2.02. The highest BCUT2D eigenvalue weighted by molar-refractivity contribution is 6.31.